The summed E-state index contributed by atoms with van der Waals surface area (Å²) in [7, 11) is 0. The summed E-state index contributed by atoms with van der Waals surface area (Å²) >= 11 is 9.55. The van der Waals surface area contributed by atoms with Gasteiger partial charge in [-0.15, -0.1) is 0 Å². The van der Waals surface area contributed by atoms with E-state index in [1.807, 2.05) is 0 Å². The molecule has 1 aliphatic heterocycles. The lowest BCUT2D eigenvalue weighted by atomic mass is 9.85. The Labute approximate surface area is 191 Å². The van der Waals surface area contributed by atoms with Crippen molar-refractivity contribution in [1.29, 1.82) is 0 Å². The highest BCUT2D eigenvalue weighted by molar-refractivity contribution is 9.11. The lowest BCUT2D eigenvalue weighted by Crippen LogP contribution is -2.30. The van der Waals surface area contributed by atoms with Gasteiger partial charge in [0.25, 0.3) is 0 Å². The zero-order chi connectivity index (χ0) is 22.9. The molecule has 0 spiro atoms. The number of alkyl halides is 2. The minimum absolute atomic E-state index is 0.0598. The van der Waals surface area contributed by atoms with Crippen molar-refractivity contribution >= 4 is 39.3 Å². The lowest BCUT2D eigenvalue weighted by Gasteiger charge is -2.32. The maximum atomic E-state index is 13.2. The van der Waals surface area contributed by atoms with Crippen molar-refractivity contribution in [2.45, 2.75) is 26.4 Å². The normalized spacial score (nSPS) is 21.1. The van der Waals surface area contributed by atoms with Crippen molar-refractivity contribution in [1.82, 2.24) is 4.90 Å². The lowest BCUT2D eigenvalue weighted by molar-refractivity contribution is -0.150. The predicted molar refractivity (Wildman–Crippen MR) is 116 cm³/mol. The largest absolute Gasteiger partial charge is 0.465 e. The van der Waals surface area contributed by atoms with Crippen LogP contribution in [0.1, 0.15) is 25.3 Å². The first-order valence-electron chi connectivity index (χ1n) is 9.35. The van der Waals surface area contributed by atoms with Gasteiger partial charge in [0, 0.05) is 44.2 Å². The van der Waals surface area contributed by atoms with Crippen molar-refractivity contribution in [3.8, 4) is 5.75 Å². The summed E-state index contributed by atoms with van der Waals surface area (Å²) in [6.07, 6.45) is 5.18. The van der Waals surface area contributed by atoms with E-state index in [2.05, 4.69) is 22.5 Å². The number of carbonyl (C=O) groups excluding carboxylic acids is 2. The van der Waals surface area contributed by atoms with Crippen LogP contribution in [0.5, 0.6) is 5.75 Å². The summed E-state index contributed by atoms with van der Waals surface area (Å²) < 4.78 is 36.8. The molecule has 1 aromatic carbocycles. The fraction of sp³-hybridized carbons (Fsp3) is 0.273. The summed E-state index contributed by atoms with van der Waals surface area (Å²) in [5, 5.41) is 0.240. The van der Waals surface area contributed by atoms with Gasteiger partial charge in [-0.2, -0.15) is 8.78 Å². The van der Waals surface area contributed by atoms with Crippen LogP contribution in [0.25, 0.3) is 0 Å². The molecule has 0 fully saturated rings. The van der Waals surface area contributed by atoms with Crippen LogP contribution in [0.2, 0.25) is 5.02 Å². The molecule has 3 rings (SSSR count). The molecule has 2 unspecified atom stereocenters. The number of halogens is 4. The van der Waals surface area contributed by atoms with Crippen LogP contribution in [-0.2, 0) is 14.3 Å². The quantitative estimate of drug-likeness (QED) is 0.361. The van der Waals surface area contributed by atoms with E-state index in [1.165, 1.54) is 18.2 Å². The summed E-state index contributed by atoms with van der Waals surface area (Å²) in [4.78, 5) is 27.6. The van der Waals surface area contributed by atoms with E-state index in [4.69, 9.17) is 21.1 Å². The monoisotopic (exact) mass is 513 g/mol. The average Bonchev–Trinajstić information content (AvgIpc) is 2.96. The zero-order valence-electron chi connectivity index (χ0n) is 16.7. The Balaban J connectivity index is 2.24. The molecule has 0 saturated heterocycles. The van der Waals surface area contributed by atoms with E-state index in [9.17, 15) is 18.4 Å². The van der Waals surface area contributed by atoms with Gasteiger partial charge in [0.05, 0.1) is 6.61 Å². The Morgan fingerprint density at radius 1 is 1.35 bits per heavy atom. The molecule has 5 nitrogen and oxygen atoms in total. The maximum Gasteiger partial charge on any atom is 0.387 e. The van der Waals surface area contributed by atoms with Crippen molar-refractivity contribution < 1.29 is 27.8 Å². The molecule has 0 amide bonds. The van der Waals surface area contributed by atoms with Crippen LogP contribution in [0.3, 0.4) is 0 Å². The molecule has 164 valence electrons. The molecule has 0 aromatic heterocycles. The van der Waals surface area contributed by atoms with Crippen molar-refractivity contribution in [2.24, 2.45) is 5.92 Å². The number of nitrogens with zero attached hydrogens (tertiary/aromatic N) is 1. The highest BCUT2D eigenvalue weighted by Gasteiger charge is 2.49. The van der Waals surface area contributed by atoms with Crippen LogP contribution in [0.4, 0.5) is 8.78 Å². The Kier molecular flexibility index (Phi) is 7.01. The fourth-order valence-corrected chi connectivity index (χ4v) is 4.25. The number of Topliss-reactive ketones (excluding diaryl/α,β-unsaturated/α-hetero) is 1. The van der Waals surface area contributed by atoms with Gasteiger partial charge in [-0.1, -0.05) is 18.2 Å². The topological polar surface area (TPSA) is 55.8 Å². The summed E-state index contributed by atoms with van der Waals surface area (Å²) in [5.74, 6) is -3.65. The first-order chi connectivity index (χ1) is 14.6. The van der Waals surface area contributed by atoms with E-state index in [-0.39, 0.29) is 22.9 Å². The van der Waals surface area contributed by atoms with Gasteiger partial charge < -0.3 is 14.4 Å². The molecule has 31 heavy (non-hydrogen) atoms. The number of ketones is 1. The number of hydrogen-bond acceptors (Lipinski definition) is 5. The molecule has 0 bridgehead atoms. The SMILES string of the molecule is C=C1C=CC(Br)=CN1C1=C(C)C(=O)C(C(=O)OCC)C1c1cc(Cl)ccc1OC(F)F. The number of benzene rings is 1. The maximum absolute atomic E-state index is 13.2. The third kappa shape index (κ3) is 4.60. The Hall–Kier alpha value is -2.45. The van der Waals surface area contributed by atoms with Crippen LogP contribution in [0, 0.1) is 5.92 Å². The molecule has 1 heterocycles. The summed E-state index contributed by atoms with van der Waals surface area (Å²) in [6.45, 7) is 4.15. The average molecular weight is 515 g/mol. The predicted octanol–water partition coefficient (Wildman–Crippen LogP) is 5.68. The summed E-state index contributed by atoms with van der Waals surface area (Å²) in [5.41, 5.74) is 1.41. The number of allylic oxidation sites excluding steroid dienone is 5. The molecular weight excluding hydrogens is 496 g/mol. The molecule has 9 heteroatoms. The molecule has 1 aliphatic carbocycles. The number of rotatable bonds is 6. The van der Waals surface area contributed by atoms with Gasteiger partial charge in [0.2, 0.25) is 0 Å². The second-order valence-corrected chi connectivity index (χ2v) is 8.20. The van der Waals surface area contributed by atoms with Gasteiger partial charge in [0.15, 0.2) is 5.78 Å². The standard InChI is InChI=1S/C22H19BrClF2NO4/c1-4-30-21(29)18-17(15-9-14(24)7-8-16(15)31-22(25)26)19(12(3)20(18)28)27-10-13(23)6-5-11(27)2/h5-10,17-18,22H,2,4H2,1,3H3. The third-order valence-electron chi connectivity index (χ3n) is 4.98. The van der Waals surface area contributed by atoms with E-state index >= 15 is 0 Å². The van der Waals surface area contributed by atoms with E-state index in [0.717, 1.165) is 0 Å². The first kappa shape index (κ1) is 23.2. The molecule has 0 radical (unpaired) electrons. The van der Waals surface area contributed by atoms with Gasteiger partial charge in [-0.3, -0.25) is 9.59 Å². The number of esters is 1. The molecule has 1 aromatic rings. The number of hydrogen-bond donors (Lipinski definition) is 0. The van der Waals surface area contributed by atoms with Crippen molar-refractivity contribution in [3.05, 3.63) is 75.2 Å². The Bertz CT molecular complexity index is 1030. The Morgan fingerprint density at radius 3 is 2.71 bits per heavy atom. The molecule has 0 N–H and O–H groups in total. The van der Waals surface area contributed by atoms with Gasteiger partial charge in [-0.05, 0) is 60.1 Å². The van der Waals surface area contributed by atoms with Crippen LogP contribution >= 0.6 is 27.5 Å². The molecular formula is C22H19BrClF2NO4. The highest BCUT2D eigenvalue weighted by atomic mass is 79.9. The van der Waals surface area contributed by atoms with Gasteiger partial charge in [-0.25, -0.2) is 0 Å². The van der Waals surface area contributed by atoms with E-state index in [0.29, 0.717) is 21.4 Å². The third-order valence-corrected chi connectivity index (χ3v) is 5.69. The molecule has 2 aliphatic rings. The molecule has 2 atom stereocenters. The zero-order valence-corrected chi connectivity index (χ0v) is 19.0. The Morgan fingerprint density at radius 2 is 2.06 bits per heavy atom. The summed E-state index contributed by atoms with van der Waals surface area (Å²) in [6, 6.07) is 4.11. The second kappa shape index (κ2) is 9.36. The smallest absolute Gasteiger partial charge is 0.387 e. The number of ether oxygens (including phenoxy) is 2. The highest BCUT2D eigenvalue weighted by Crippen LogP contribution is 2.49. The van der Waals surface area contributed by atoms with Crippen molar-refractivity contribution in [2.75, 3.05) is 6.61 Å². The second-order valence-electron chi connectivity index (χ2n) is 6.85. The molecule has 0 saturated carbocycles. The van der Waals surface area contributed by atoms with Crippen molar-refractivity contribution in [3.63, 3.8) is 0 Å². The first-order valence-corrected chi connectivity index (χ1v) is 10.5. The van der Waals surface area contributed by atoms with Crippen LogP contribution in [0.15, 0.2) is 64.6 Å². The van der Waals surface area contributed by atoms with Gasteiger partial charge in [0.1, 0.15) is 11.7 Å². The van der Waals surface area contributed by atoms with E-state index < -0.39 is 30.2 Å². The van der Waals surface area contributed by atoms with E-state index in [1.54, 1.807) is 37.1 Å². The minimum atomic E-state index is -3.10. The van der Waals surface area contributed by atoms with Crippen LogP contribution in [-0.4, -0.2) is 29.9 Å². The minimum Gasteiger partial charge on any atom is -0.465 e. The van der Waals surface area contributed by atoms with Crippen LogP contribution < -0.4 is 4.74 Å². The number of carbonyl (C=O) groups is 2. The fourth-order valence-electron chi connectivity index (χ4n) is 3.73. The van der Waals surface area contributed by atoms with Gasteiger partial charge >= 0.3 is 12.6 Å².